The Kier molecular flexibility index (Phi) is 8.05. The maximum Gasteiger partial charge on any atom is 0.251 e. The van der Waals surface area contributed by atoms with E-state index in [1.165, 1.54) is 19.2 Å². The molecule has 0 heterocycles. The van der Waals surface area contributed by atoms with E-state index in [0.29, 0.717) is 25.1 Å². The fraction of sp³-hybridized carbons (Fsp3) is 0.562. The van der Waals surface area contributed by atoms with Crippen molar-refractivity contribution in [1.82, 2.24) is 10.0 Å². The summed E-state index contributed by atoms with van der Waals surface area (Å²) in [5, 5.41) is 2.80. The second-order valence-corrected chi connectivity index (χ2v) is 6.96. The van der Waals surface area contributed by atoms with Crippen LogP contribution in [-0.2, 0) is 10.0 Å². The van der Waals surface area contributed by atoms with Gasteiger partial charge in [0.15, 0.2) is 0 Å². The fourth-order valence-electron chi connectivity index (χ4n) is 2.02. The standard InChI is InChI=1S/C16H26N2O4S/c1-4-6-7-11-17-16(19)13-8-9-14(22-3)15(12-13)23(20,21)18-10-5-2/h8-9,12,18H,4-7,10-11H2,1-3H3,(H,17,19). The molecule has 1 amide bonds. The molecule has 7 heteroatoms. The van der Waals surface area contributed by atoms with Crippen molar-refractivity contribution >= 4 is 15.9 Å². The molecule has 0 saturated carbocycles. The van der Waals surface area contributed by atoms with E-state index in [4.69, 9.17) is 4.74 Å². The van der Waals surface area contributed by atoms with E-state index >= 15 is 0 Å². The highest BCUT2D eigenvalue weighted by Crippen LogP contribution is 2.24. The maximum atomic E-state index is 12.3. The van der Waals surface area contributed by atoms with Crippen LogP contribution < -0.4 is 14.8 Å². The second kappa shape index (κ2) is 9.52. The summed E-state index contributed by atoms with van der Waals surface area (Å²) in [6.45, 7) is 4.87. The monoisotopic (exact) mass is 342 g/mol. The molecule has 0 aliphatic carbocycles. The van der Waals surface area contributed by atoms with Crippen molar-refractivity contribution in [2.45, 2.75) is 44.4 Å². The molecule has 1 aromatic rings. The lowest BCUT2D eigenvalue weighted by Crippen LogP contribution is -2.27. The number of amides is 1. The molecule has 0 unspecified atom stereocenters. The van der Waals surface area contributed by atoms with Gasteiger partial charge in [0.25, 0.3) is 5.91 Å². The van der Waals surface area contributed by atoms with Gasteiger partial charge >= 0.3 is 0 Å². The molecule has 6 nitrogen and oxygen atoms in total. The van der Waals surface area contributed by atoms with E-state index in [2.05, 4.69) is 17.0 Å². The third kappa shape index (κ3) is 5.84. The van der Waals surface area contributed by atoms with Gasteiger partial charge in [0.05, 0.1) is 7.11 Å². The van der Waals surface area contributed by atoms with Crippen molar-refractivity contribution < 1.29 is 17.9 Å². The van der Waals surface area contributed by atoms with Crippen LogP contribution in [0.25, 0.3) is 0 Å². The fourth-order valence-corrected chi connectivity index (χ4v) is 3.35. The normalized spacial score (nSPS) is 11.3. The van der Waals surface area contributed by atoms with Crippen LogP contribution in [0.2, 0.25) is 0 Å². The minimum atomic E-state index is -3.71. The minimum absolute atomic E-state index is 0.0188. The van der Waals surface area contributed by atoms with Crippen molar-refractivity contribution in [2.75, 3.05) is 20.2 Å². The molecule has 0 radical (unpaired) electrons. The molecule has 130 valence electrons. The van der Waals surface area contributed by atoms with Crippen LogP contribution in [0.5, 0.6) is 5.75 Å². The van der Waals surface area contributed by atoms with E-state index in [1.54, 1.807) is 6.07 Å². The number of hydrogen-bond acceptors (Lipinski definition) is 4. The highest BCUT2D eigenvalue weighted by Gasteiger charge is 2.21. The number of methoxy groups -OCH3 is 1. The van der Waals surface area contributed by atoms with E-state index in [1.807, 2.05) is 6.92 Å². The first-order valence-electron chi connectivity index (χ1n) is 7.92. The average molecular weight is 342 g/mol. The predicted molar refractivity (Wildman–Crippen MR) is 90.3 cm³/mol. The van der Waals surface area contributed by atoms with Crippen molar-refractivity contribution in [3.05, 3.63) is 23.8 Å². The summed E-state index contributed by atoms with van der Waals surface area (Å²) in [5.74, 6) is -0.0631. The van der Waals surface area contributed by atoms with Crippen LogP contribution in [0.1, 0.15) is 49.9 Å². The molecule has 0 atom stereocenters. The van der Waals surface area contributed by atoms with Gasteiger partial charge in [-0.15, -0.1) is 0 Å². The van der Waals surface area contributed by atoms with Gasteiger partial charge < -0.3 is 10.1 Å². The number of unbranched alkanes of at least 4 members (excludes halogenated alkanes) is 2. The van der Waals surface area contributed by atoms with E-state index in [0.717, 1.165) is 19.3 Å². The zero-order chi connectivity index (χ0) is 17.3. The average Bonchev–Trinajstić information content (AvgIpc) is 2.56. The molecule has 1 aromatic carbocycles. The Bertz CT molecular complexity index is 615. The number of nitrogens with one attached hydrogen (secondary N) is 2. The van der Waals surface area contributed by atoms with Crippen molar-refractivity contribution in [3.63, 3.8) is 0 Å². The zero-order valence-corrected chi connectivity index (χ0v) is 14.8. The molecule has 2 N–H and O–H groups in total. The number of carbonyl (C=O) groups is 1. The summed E-state index contributed by atoms with van der Waals surface area (Å²) in [6, 6.07) is 4.42. The van der Waals surface area contributed by atoms with Gasteiger partial charge in [0, 0.05) is 18.7 Å². The largest absolute Gasteiger partial charge is 0.495 e. The summed E-state index contributed by atoms with van der Waals surface area (Å²) in [7, 11) is -2.30. The quantitative estimate of drug-likeness (QED) is 0.639. The summed E-state index contributed by atoms with van der Waals surface area (Å²) < 4.78 is 32.2. The number of hydrogen-bond donors (Lipinski definition) is 2. The number of ether oxygens (including phenoxy) is 1. The molecule has 0 fully saturated rings. The molecule has 0 saturated heterocycles. The Morgan fingerprint density at radius 2 is 1.87 bits per heavy atom. The van der Waals surface area contributed by atoms with Crippen LogP contribution in [0.15, 0.2) is 23.1 Å². The molecule has 1 rings (SSSR count). The molecule has 0 aliphatic rings. The van der Waals surface area contributed by atoms with E-state index < -0.39 is 10.0 Å². The lowest BCUT2D eigenvalue weighted by atomic mass is 10.2. The van der Waals surface area contributed by atoms with Crippen molar-refractivity contribution in [3.8, 4) is 5.75 Å². The summed E-state index contributed by atoms with van der Waals surface area (Å²) in [4.78, 5) is 12.1. The first-order chi connectivity index (χ1) is 11.0. The topological polar surface area (TPSA) is 84.5 Å². The zero-order valence-electron chi connectivity index (χ0n) is 14.0. The molecular formula is C16H26N2O4S. The van der Waals surface area contributed by atoms with Gasteiger partial charge in [-0.3, -0.25) is 4.79 Å². The first kappa shape index (κ1) is 19.4. The smallest absolute Gasteiger partial charge is 0.251 e. The predicted octanol–water partition coefficient (Wildman–Crippen LogP) is 2.30. The van der Waals surface area contributed by atoms with Crippen LogP contribution in [0, 0.1) is 0 Å². The lowest BCUT2D eigenvalue weighted by molar-refractivity contribution is 0.0952. The van der Waals surface area contributed by atoms with Gasteiger partial charge in [0.1, 0.15) is 10.6 Å². The van der Waals surface area contributed by atoms with Crippen LogP contribution in [0.3, 0.4) is 0 Å². The second-order valence-electron chi connectivity index (χ2n) is 5.23. The molecule has 0 bridgehead atoms. The van der Waals surface area contributed by atoms with E-state index in [9.17, 15) is 13.2 Å². The Balaban J connectivity index is 2.96. The first-order valence-corrected chi connectivity index (χ1v) is 9.40. The third-order valence-electron chi connectivity index (χ3n) is 3.32. The van der Waals surface area contributed by atoms with E-state index in [-0.39, 0.29) is 16.6 Å². The molecule has 0 aromatic heterocycles. The number of sulfonamides is 1. The van der Waals surface area contributed by atoms with Gasteiger partial charge in [-0.05, 0) is 31.0 Å². The number of rotatable bonds is 10. The summed E-state index contributed by atoms with van der Waals surface area (Å²) in [6.07, 6.45) is 3.70. The summed E-state index contributed by atoms with van der Waals surface area (Å²) >= 11 is 0. The third-order valence-corrected chi connectivity index (χ3v) is 4.81. The Hall–Kier alpha value is -1.60. The highest BCUT2D eigenvalue weighted by atomic mass is 32.2. The minimum Gasteiger partial charge on any atom is -0.495 e. The number of carbonyl (C=O) groups excluding carboxylic acids is 1. The molecule has 0 aliphatic heterocycles. The van der Waals surface area contributed by atoms with Crippen LogP contribution in [-0.4, -0.2) is 34.5 Å². The number of benzene rings is 1. The lowest BCUT2D eigenvalue weighted by Gasteiger charge is -2.12. The Labute approximate surface area is 138 Å². The van der Waals surface area contributed by atoms with Gasteiger partial charge in [-0.2, -0.15) is 0 Å². The summed E-state index contributed by atoms with van der Waals surface area (Å²) in [5.41, 5.74) is 0.305. The van der Waals surface area contributed by atoms with Crippen LogP contribution >= 0.6 is 0 Å². The molecule has 0 spiro atoms. The van der Waals surface area contributed by atoms with Gasteiger partial charge in [0.2, 0.25) is 10.0 Å². The highest BCUT2D eigenvalue weighted by molar-refractivity contribution is 7.89. The Morgan fingerprint density at radius 3 is 2.48 bits per heavy atom. The van der Waals surface area contributed by atoms with Crippen molar-refractivity contribution in [2.24, 2.45) is 0 Å². The molecule has 23 heavy (non-hydrogen) atoms. The Morgan fingerprint density at radius 1 is 1.13 bits per heavy atom. The van der Waals surface area contributed by atoms with Crippen molar-refractivity contribution in [1.29, 1.82) is 0 Å². The SMILES string of the molecule is CCCCCNC(=O)c1ccc(OC)c(S(=O)(=O)NCCC)c1. The molecular weight excluding hydrogens is 316 g/mol. The van der Waals surface area contributed by atoms with Gasteiger partial charge in [-0.1, -0.05) is 26.7 Å². The maximum absolute atomic E-state index is 12.3. The van der Waals surface area contributed by atoms with Crippen LogP contribution in [0.4, 0.5) is 0 Å². The van der Waals surface area contributed by atoms with Gasteiger partial charge in [-0.25, -0.2) is 13.1 Å².